The molecule has 4 N–H and O–H groups in total. The predicted molar refractivity (Wildman–Crippen MR) is 263 cm³/mol. The molecule has 0 fully saturated rings. The molecule has 1 aliphatic heterocycles. The van der Waals surface area contributed by atoms with Gasteiger partial charge in [0.2, 0.25) is 23.3 Å². The molecule has 19 nitrogen and oxygen atoms in total. The fraction of sp³-hybridized carbons (Fsp3) is 0.667. The molecule has 2 heterocycles. The number of guanidine groups is 1. The molecule has 1 amide bonds. The van der Waals surface area contributed by atoms with Gasteiger partial charge < -0.3 is 73.4 Å². The van der Waals surface area contributed by atoms with E-state index >= 15 is 0 Å². The van der Waals surface area contributed by atoms with Crippen LogP contribution in [0, 0.1) is 23.3 Å². The third-order valence-corrected chi connectivity index (χ3v) is 10.7. The molecular weight excluding hydrogens is 977 g/mol. The molecule has 0 spiro atoms. The largest absolute Gasteiger partial charge is 0.420 e. The molecule has 2 aromatic rings. The second kappa shape index (κ2) is 39.2. The lowest BCUT2D eigenvalue weighted by atomic mass is 10.1. The van der Waals surface area contributed by atoms with E-state index in [0.717, 1.165) is 28.3 Å². The summed E-state index contributed by atoms with van der Waals surface area (Å²) in [5.74, 6) is -8.38. The third kappa shape index (κ3) is 26.6. The van der Waals surface area contributed by atoms with Crippen LogP contribution in [-0.2, 0) is 63.5 Å². The number of carbonyl (C=O) groups excluding carboxylic acids is 2. The fourth-order valence-electron chi connectivity index (χ4n) is 6.29. The molecular formula is C48H74F4N6O13S. The molecule has 1 aromatic heterocycles. The number of nitrogens with zero attached hydrogens (tertiary/aromatic N) is 3. The minimum atomic E-state index is -1.80. The molecule has 3 rings (SSSR count). The first-order valence-corrected chi connectivity index (χ1v) is 25.2. The number of halogens is 4. The van der Waals surface area contributed by atoms with Gasteiger partial charge in [-0.1, -0.05) is 13.8 Å². The summed E-state index contributed by atoms with van der Waals surface area (Å²) in [6.45, 7) is 16.5. The van der Waals surface area contributed by atoms with Crippen molar-refractivity contribution in [2.24, 2.45) is 15.7 Å². The topological polar surface area (TPSA) is 214 Å². The molecule has 0 saturated carbocycles. The zero-order valence-corrected chi connectivity index (χ0v) is 42.7. The Morgan fingerprint density at radius 1 is 0.653 bits per heavy atom. The number of nitrogens with two attached hydrogens (primary N) is 1. The number of hydrogen-bond donors (Lipinski definition) is 3. The van der Waals surface area contributed by atoms with Gasteiger partial charge >= 0.3 is 5.97 Å². The Kier molecular flexibility index (Phi) is 33.7. The van der Waals surface area contributed by atoms with Crippen molar-refractivity contribution in [3.63, 3.8) is 0 Å². The van der Waals surface area contributed by atoms with Gasteiger partial charge in [0.15, 0.2) is 17.6 Å². The van der Waals surface area contributed by atoms with Crippen LogP contribution in [0.5, 0.6) is 5.75 Å². The van der Waals surface area contributed by atoms with Crippen LogP contribution in [-0.4, -0.2) is 187 Å². The zero-order valence-electron chi connectivity index (χ0n) is 41.9. The van der Waals surface area contributed by atoms with Crippen molar-refractivity contribution < 1.29 is 79.3 Å². The molecule has 1 aromatic carbocycles. The third-order valence-electron chi connectivity index (χ3n) is 9.64. The second-order valence-corrected chi connectivity index (χ2v) is 16.6. The van der Waals surface area contributed by atoms with Crippen molar-refractivity contribution in [1.82, 2.24) is 15.5 Å². The predicted octanol–water partition coefficient (Wildman–Crippen LogP) is 4.95. The minimum absolute atomic E-state index is 0.0174. The van der Waals surface area contributed by atoms with Gasteiger partial charge in [-0.3, -0.25) is 9.59 Å². The van der Waals surface area contributed by atoms with E-state index in [-0.39, 0.29) is 31.8 Å². The average Bonchev–Trinajstić information content (AvgIpc) is 3.66. The average molecular weight is 1050 g/mol. The summed E-state index contributed by atoms with van der Waals surface area (Å²) in [5.41, 5.74) is 7.67. The van der Waals surface area contributed by atoms with E-state index in [1.165, 1.54) is 0 Å². The van der Waals surface area contributed by atoms with Gasteiger partial charge in [-0.15, -0.1) is 11.3 Å². The van der Waals surface area contributed by atoms with E-state index in [0.29, 0.717) is 169 Å². The molecule has 1 aliphatic rings. The summed E-state index contributed by atoms with van der Waals surface area (Å²) in [6.07, 6.45) is 3.67. The van der Waals surface area contributed by atoms with Crippen molar-refractivity contribution in [2.45, 2.75) is 53.0 Å². The highest BCUT2D eigenvalue weighted by molar-refractivity contribution is 7.13. The van der Waals surface area contributed by atoms with Gasteiger partial charge in [0.25, 0.3) is 0 Å². The Hall–Kier alpha value is -4.34. The van der Waals surface area contributed by atoms with Gasteiger partial charge in [-0.2, -0.15) is 8.78 Å². The number of thiophene rings is 1. The lowest BCUT2D eigenvalue weighted by Gasteiger charge is -2.22. The summed E-state index contributed by atoms with van der Waals surface area (Å²) >= 11 is 1.57. The van der Waals surface area contributed by atoms with Gasteiger partial charge in [0, 0.05) is 49.1 Å². The van der Waals surface area contributed by atoms with Gasteiger partial charge in [-0.25, -0.2) is 18.8 Å². The Bertz CT molecular complexity index is 1900. The minimum Gasteiger partial charge on any atom is -0.420 e. The van der Waals surface area contributed by atoms with Crippen LogP contribution in [0.15, 0.2) is 27.7 Å². The SMILES string of the molecule is CCCN(CCC)C(=O)C1=Cc2sc(CN=C(NCC)NCCOCCOCCOCCOCCOCCOCCOCCOCCOCCOCCC(=O)Oc3c(F)c(F)cc(F)c3F)cc2N=C(N)C1. The quantitative estimate of drug-likeness (QED) is 0.0153. The molecule has 0 bridgehead atoms. The van der Waals surface area contributed by atoms with Gasteiger partial charge in [0.1, 0.15) is 5.84 Å². The summed E-state index contributed by atoms with van der Waals surface area (Å²) in [5, 5.41) is 6.56. The number of nitrogens with one attached hydrogen (secondary N) is 2. The maximum Gasteiger partial charge on any atom is 0.313 e. The summed E-state index contributed by atoms with van der Waals surface area (Å²) in [6, 6.07) is 2.00. The Labute approximate surface area is 424 Å². The van der Waals surface area contributed by atoms with E-state index in [2.05, 4.69) is 34.2 Å². The number of fused-ring (bicyclic) bond motifs is 1. The lowest BCUT2D eigenvalue weighted by Crippen LogP contribution is -2.39. The molecule has 72 heavy (non-hydrogen) atoms. The number of amides is 1. The van der Waals surface area contributed by atoms with Crippen molar-refractivity contribution in [2.75, 3.05) is 158 Å². The van der Waals surface area contributed by atoms with Crippen molar-refractivity contribution in [1.29, 1.82) is 0 Å². The maximum absolute atomic E-state index is 13.6. The van der Waals surface area contributed by atoms with Crippen LogP contribution < -0.4 is 21.1 Å². The van der Waals surface area contributed by atoms with Crippen LogP contribution in [0.3, 0.4) is 0 Å². The van der Waals surface area contributed by atoms with Crippen LogP contribution >= 0.6 is 11.3 Å². The van der Waals surface area contributed by atoms with Crippen LogP contribution in [0.25, 0.3) is 6.08 Å². The Morgan fingerprint density at radius 2 is 1.10 bits per heavy atom. The first-order valence-electron chi connectivity index (χ1n) is 24.4. The van der Waals surface area contributed by atoms with E-state index in [1.54, 1.807) is 11.3 Å². The number of esters is 1. The van der Waals surface area contributed by atoms with Gasteiger partial charge in [0.05, 0.1) is 156 Å². The number of rotatable bonds is 42. The highest BCUT2D eigenvalue weighted by Gasteiger charge is 2.24. The molecule has 0 saturated heterocycles. The highest BCUT2D eigenvalue weighted by atomic mass is 32.1. The Balaban J connectivity index is 1.03. The first kappa shape index (κ1) is 62.0. The first-order chi connectivity index (χ1) is 35.1. The van der Waals surface area contributed by atoms with E-state index in [9.17, 15) is 27.2 Å². The van der Waals surface area contributed by atoms with Crippen LogP contribution in [0.2, 0.25) is 0 Å². The molecule has 0 aliphatic carbocycles. The van der Waals surface area contributed by atoms with E-state index < -0.39 is 41.4 Å². The number of aliphatic imine (C=N–C) groups is 2. The zero-order chi connectivity index (χ0) is 52.0. The summed E-state index contributed by atoms with van der Waals surface area (Å²) < 4.78 is 113. The van der Waals surface area contributed by atoms with E-state index in [1.807, 2.05) is 24.0 Å². The standard InChI is InChI=1S/C48H74F4N6O13S/c1-4-9-58(10-5-2)47(60)36-31-41-40(57-42(53)32-36)33-37(72-41)35-56-48(54-6-3)55-8-12-62-14-16-64-18-20-66-22-24-68-26-28-70-30-29-69-27-25-67-23-21-65-19-17-63-15-13-61-11-7-43(59)71-46-44(51)38(49)34-39(50)45(46)52/h31,33-34H,4-30,32,35H2,1-3H3,(H2,53,57)(H2,54,55,56). The number of ether oxygens (including phenoxy) is 11. The number of amidine groups is 1. The maximum atomic E-state index is 13.6. The molecule has 24 heteroatoms. The number of benzene rings is 1. The van der Waals surface area contributed by atoms with Crippen molar-refractivity contribution >= 4 is 46.8 Å². The van der Waals surface area contributed by atoms with Crippen LogP contribution in [0.4, 0.5) is 23.2 Å². The normalized spacial score (nSPS) is 12.6. The fourth-order valence-corrected chi connectivity index (χ4v) is 7.28. The number of hydrogen-bond acceptors (Lipinski definition) is 17. The van der Waals surface area contributed by atoms with Crippen molar-refractivity contribution in [3.05, 3.63) is 50.7 Å². The van der Waals surface area contributed by atoms with E-state index in [4.69, 9.17) is 58.1 Å². The molecule has 0 unspecified atom stereocenters. The molecule has 408 valence electrons. The monoisotopic (exact) mass is 1050 g/mol. The Morgan fingerprint density at radius 3 is 1.54 bits per heavy atom. The summed E-state index contributed by atoms with van der Waals surface area (Å²) in [7, 11) is 0. The van der Waals surface area contributed by atoms with Gasteiger partial charge in [-0.05, 0) is 31.9 Å². The van der Waals surface area contributed by atoms with Crippen molar-refractivity contribution in [3.8, 4) is 5.75 Å². The second-order valence-electron chi connectivity index (χ2n) is 15.5. The van der Waals surface area contributed by atoms with Crippen LogP contribution in [0.1, 0.15) is 56.2 Å². The molecule has 0 radical (unpaired) electrons. The highest BCUT2D eigenvalue weighted by Crippen LogP contribution is 2.35. The summed E-state index contributed by atoms with van der Waals surface area (Å²) in [4.78, 5) is 38.2. The lowest BCUT2D eigenvalue weighted by molar-refractivity contribution is -0.136. The molecule has 0 atom stereocenters. The number of carbonyl (C=O) groups is 2. The smallest absolute Gasteiger partial charge is 0.313 e.